The quantitative estimate of drug-likeness (QED) is 0.876. The number of benzene rings is 1. The summed E-state index contributed by atoms with van der Waals surface area (Å²) in [5, 5.41) is 3.92. The third-order valence-corrected chi connectivity index (χ3v) is 5.07. The van der Waals surface area contributed by atoms with Crippen LogP contribution < -0.4 is 5.32 Å². The van der Waals surface area contributed by atoms with Gasteiger partial charge in [-0.1, -0.05) is 38.1 Å². The van der Waals surface area contributed by atoms with E-state index in [0.29, 0.717) is 6.04 Å². The second kappa shape index (κ2) is 5.26. The van der Waals surface area contributed by atoms with Gasteiger partial charge >= 0.3 is 0 Å². The zero-order valence-electron chi connectivity index (χ0n) is 12.1. The van der Waals surface area contributed by atoms with Crippen LogP contribution in [0.2, 0.25) is 0 Å². The molecule has 1 saturated heterocycles. The summed E-state index contributed by atoms with van der Waals surface area (Å²) >= 11 is 0. The number of rotatable bonds is 2. The van der Waals surface area contributed by atoms with Gasteiger partial charge in [-0.3, -0.25) is 0 Å². The Morgan fingerprint density at radius 1 is 1.26 bits per heavy atom. The van der Waals surface area contributed by atoms with Gasteiger partial charge in [-0.25, -0.2) is 0 Å². The van der Waals surface area contributed by atoms with E-state index in [1.54, 1.807) is 0 Å². The van der Waals surface area contributed by atoms with Gasteiger partial charge in [0, 0.05) is 11.6 Å². The van der Waals surface area contributed by atoms with Crippen molar-refractivity contribution in [3.63, 3.8) is 0 Å². The summed E-state index contributed by atoms with van der Waals surface area (Å²) in [5.74, 6) is 0. The van der Waals surface area contributed by atoms with Gasteiger partial charge in [0.1, 0.15) is 0 Å². The smallest absolute Gasteiger partial charge is 0.0981 e. The van der Waals surface area contributed by atoms with E-state index in [0.717, 1.165) is 19.4 Å². The van der Waals surface area contributed by atoms with Crippen molar-refractivity contribution >= 4 is 0 Å². The van der Waals surface area contributed by atoms with Gasteiger partial charge in [-0.2, -0.15) is 0 Å². The first-order valence-electron chi connectivity index (χ1n) is 7.75. The number of morpholine rings is 1. The third kappa shape index (κ3) is 2.32. The Hall–Kier alpha value is -0.860. The van der Waals surface area contributed by atoms with E-state index in [-0.39, 0.29) is 11.6 Å². The zero-order chi connectivity index (χ0) is 13.3. The topological polar surface area (TPSA) is 21.3 Å². The maximum Gasteiger partial charge on any atom is 0.0981 e. The molecule has 1 aromatic rings. The Morgan fingerprint density at radius 2 is 2.05 bits per heavy atom. The number of fused-ring (bicyclic) bond motifs is 3. The van der Waals surface area contributed by atoms with Gasteiger partial charge in [0.05, 0.1) is 12.7 Å². The number of hydrogen-bond acceptors (Lipinski definition) is 2. The number of hydrogen-bond donors (Lipinski definition) is 1. The average molecular weight is 259 g/mol. The highest BCUT2D eigenvalue weighted by molar-refractivity contribution is 5.32. The summed E-state index contributed by atoms with van der Waals surface area (Å²) in [4.78, 5) is 0. The fourth-order valence-electron chi connectivity index (χ4n) is 3.62. The van der Waals surface area contributed by atoms with Crippen LogP contribution in [0.3, 0.4) is 0 Å². The molecule has 1 N–H and O–H groups in total. The first-order valence-corrected chi connectivity index (χ1v) is 7.75. The summed E-state index contributed by atoms with van der Waals surface area (Å²) < 4.78 is 6.32. The molecule has 104 valence electrons. The third-order valence-electron chi connectivity index (χ3n) is 5.07. The van der Waals surface area contributed by atoms with Crippen LogP contribution in [0.25, 0.3) is 0 Å². The van der Waals surface area contributed by atoms with Gasteiger partial charge < -0.3 is 10.1 Å². The van der Waals surface area contributed by atoms with Crippen LogP contribution >= 0.6 is 0 Å². The first kappa shape index (κ1) is 13.1. The summed E-state index contributed by atoms with van der Waals surface area (Å²) in [7, 11) is 0. The fraction of sp³-hybridized carbons (Fsp3) is 0.647. The monoisotopic (exact) mass is 259 g/mol. The standard InChI is InChI=1S/C17H25NO/c1-3-17(4-2)12-19-16-14-10-6-5-8-13(14)9-7-11-15(16)18-17/h5-6,8,10,15-16,18H,3-4,7,9,11-12H2,1-2H3. The normalized spacial score (nSPS) is 29.2. The van der Waals surface area contributed by atoms with Crippen molar-refractivity contribution < 1.29 is 4.74 Å². The van der Waals surface area contributed by atoms with E-state index in [1.165, 1.54) is 30.4 Å². The largest absolute Gasteiger partial charge is 0.370 e. The predicted octanol–water partition coefficient (Wildman–Crippen LogP) is 3.61. The second-order valence-corrected chi connectivity index (χ2v) is 6.06. The lowest BCUT2D eigenvalue weighted by molar-refractivity contribution is -0.0685. The SMILES string of the molecule is CCC1(CC)COC2c3ccccc3CCCC2N1. The van der Waals surface area contributed by atoms with Crippen molar-refractivity contribution in [2.75, 3.05) is 6.61 Å². The Kier molecular flexibility index (Phi) is 3.64. The minimum atomic E-state index is 0.195. The highest BCUT2D eigenvalue weighted by Crippen LogP contribution is 2.37. The zero-order valence-corrected chi connectivity index (χ0v) is 12.1. The molecule has 0 aromatic heterocycles. The molecule has 2 aliphatic rings. The molecule has 0 saturated carbocycles. The maximum atomic E-state index is 6.32. The van der Waals surface area contributed by atoms with Crippen LogP contribution in [0.4, 0.5) is 0 Å². The molecule has 0 spiro atoms. The van der Waals surface area contributed by atoms with Gasteiger partial charge in [-0.15, -0.1) is 0 Å². The number of nitrogens with one attached hydrogen (secondary N) is 1. The van der Waals surface area contributed by atoms with Crippen molar-refractivity contribution in [2.45, 2.75) is 63.6 Å². The van der Waals surface area contributed by atoms with Gasteiger partial charge in [0.2, 0.25) is 0 Å². The van der Waals surface area contributed by atoms with Gasteiger partial charge in [0.15, 0.2) is 0 Å². The van der Waals surface area contributed by atoms with Crippen LogP contribution in [-0.4, -0.2) is 18.2 Å². The van der Waals surface area contributed by atoms with Crippen LogP contribution in [0.5, 0.6) is 0 Å². The highest BCUT2D eigenvalue weighted by atomic mass is 16.5. The van der Waals surface area contributed by atoms with E-state index in [4.69, 9.17) is 4.74 Å². The molecule has 2 unspecified atom stereocenters. The van der Waals surface area contributed by atoms with E-state index < -0.39 is 0 Å². The van der Waals surface area contributed by atoms with Crippen LogP contribution in [0, 0.1) is 0 Å². The molecule has 2 nitrogen and oxygen atoms in total. The Bertz CT molecular complexity index is 439. The van der Waals surface area contributed by atoms with Crippen molar-refractivity contribution in [3.8, 4) is 0 Å². The lowest BCUT2D eigenvalue weighted by Gasteiger charge is -2.45. The van der Waals surface area contributed by atoms with E-state index in [9.17, 15) is 0 Å². The van der Waals surface area contributed by atoms with Gasteiger partial charge in [-0.05, 0) is 43.2 Å². The molecule has 3 rings (SSSR count). The minimum absolute atomic E-state index is 0.195. The van der Waals surface area contributed by atoms with Gasteiger partial charge in [0.25, 0.3) is 0 Å². The van der Waals surface area contributed by atoms with Crippen molar-refractivity contribution in [1.29, 1.82) is 0 Å². The van der Waals surface area contributed by atoms with Crippen LogP contribution in [0.15, 0.2) is 24.3 Å². The van der Waals surface area contributed by atoms with E-state index in [2.05, 4.69) is 43.4 Å². The maximum absolute atomic E-state index is 6.32. The summed E-state index contributed by atoms with van der Waals surface area (Å²) in [6, 6.07) is 9.30. The summed E-state index contributed by atoms with van der Waals surface area (Å²) in [5.41, 5.74) is 3.09. The van der Waals surface area contributed by atoms with Crippen molar-refractivity contribution in [2.24, 2.45) is 0 Å². The molecule has 0 radical (unpaired) electrons. The lowest BCUT2D eigenvalue weighted by Crippen LogP contribution is -2.59. The van der Waals surface area contributed by atoms with Crippen molar-refractivity contribution in [1.82, 2.24) is 5.32 Å². The first-order chi connectivity index (χ1) is 9.28. The molecule has 1 heterocycles. The molecule has 1 aliphatic carbocycles. The number of aryl methyl sites for hydroxylation is 1. The molecule has 1 fully saturated rings. The molecule has 0 bridgehead atoms. The lowest BCUT2D eigenvalue weighted by atomic mass is 9.87. The van der Waals surface area contributed by atoms with Crippen LogP contribution in [-0.2, 0) is 11.2 Å². The Labute approximate surface area is 116 Å². The molecular formula is C17H25NO. The van der Waals surface area contributed by atoms with Crippen LogP contribution in [0.1, 0.15) is 56.8 Å². The van der Waals surface area contributed by atoms with E-state index >= 15 is 0 Å². The molecule has 19 heavy (non-hydrogen) atoms. The summed E-state index contributed by atoms with van der Waals surface area (Å²) in [6.45, 7) is 5.38. The minimum Gasteiger partial charge on any atom is -0.370 e. The van der Waals surface area contributed by atoms with E-state index in [1.807, 2.05) is 0 Å². The molecule has 1 aliphatic heterocycles. The molecule has 0 amide bonds. The predicted molar refractivity (Wildman–Crippen MR) is 78.3 cm³/mol. The molecular weight excluding hydrogens is 234 g/mol. The average Bonchev–Trinajstić information content (AvgIpc) is 2.65. The molecule has 2 heteroatoms. The second-order valence-electron chi connectivity index (χ2n) is 6.06. The Morgan fingerprint density at radius 3 is 2.84 bits per heavy atom. The fourth-order valence-corrected chi connectivity index (χ4v) is 3.62. The molecule has 2 atom stereocenters. The molecule has 1 aromatic carbocycles. The Balaban J connectivity index is 1.89. The summed E-state index contributed by atoms with van der Waals surface area (Å²) in [6.07, 6.45) is 6.23. The highest BCUT2D eigenvalue weighted by Gasteiger charge is 2.40. The number of ether oxygens (including phenoxy) is 1. The van der Waals surface area contributed by atoms with Crippen molar-refractivity contribution in [3.05, 3.63) is 35.4 Å².